The SMILES string of the molecule is NC(=O)c1ccc(C(=O)N[C@@H](c2ccc(C(F)(F)F)cc2)c2ncccc2F)nc1. The summed E-state index contributed by atoms with van der Waals surface area (Å²) >= 11 is 0. The van der Waals surface area contributed by atoms with E-state index in [4.69, 9.17) is 5.73 Å². The third kappa shape index (κ3) is 4.59. The topological polar surface area (TPSA) is 98.0 Å². The van der Waals surface area contributed by atoms with Crippen molar-refractivity contribution in [2.45, 2.75) is 12.2 Å². The number of benzene rings is 1. The van der Waals surface area contributed by atoms with E-state index in [0.717, 1.165) is 36.5 Å². The minimum Gasteiger partial charge on any atom is -0.366 e. The smallest absolute Gasteiger partial charge is 0.366 e. The zero-order valence-electron chi connectivity index (χ0n) is 15.2. The van der Waals surface area contributed by atoms with Crippen LogP contribution in [0, 0.1) is 5.82 Å². The highest BCUT2D eigenvalue weighted by Crippen LogP contribution is 2.31. The summed E-state index contributed by atoms with van der Waals surface area (Å²) < 4.78 is 52.9. The Morgan fingerprint density at radius 3 is 2.23 bits per heavy atom. The molecule has 0 saturated carbocycles. The summed E-state index contributed by atoms with van der Waals surface area (Å²) in [6, 6.07) is 7.73. The van der Waals surface area contributed by atoms with Gasteiger partial charge in [0.15, 0.2) is 0 Å². The molecular formula is C20H14F4N4O2. The lowest BCUT2D eigenvalue weighted by molar-refractivity contribution is -0.137. The predicted octanol–water partition coefficient (Wildman–Crippen LogP) is 3.25. The maximum absolute atomic E-state index is 14.3. The van der Waals surface area contributed by atoms with Gasteiger partial charge in [-0.2, -0.15) is 13.2 Å². The molecule has 2 amide bonds. The van der Waals surface area contributed by atoms with E-state index < -0.39 is 35.4 Å². The van der Waals surface area contributed by atoms with Crippen LogP contribution in [-0.4, -0.2) is 21.8 Å². The Kier molecular flexibility index (Phi) is 5.77. The molecule has 154 valence electrons. The van der Waals surface area contributed by atoms with Crippen molar-refractivity contribution < 1.29 is 27.2 Å². The van der Waals surface area contributed by atoms with E-state index in [1.807, 2.05) is 0 Å². The van der Waals surface area contributed by atoms with Gasteiger partial charge in [0.25, 0.3) is 5.91 Å². The number of primary amides is 1. The zero-order chi connectivity index (χ0) is 21.9. The van der Waals surface area contributed by atoms with Gasteiger partial charge in [-0.3, -0.25) is 19.6 Å². The molecule has 0 saturated heterocycles. The number of nitrogens with zero attached hydrogens (tertiary/aromatic N) is 2. The lowest BCUT2D eigenvalue weighted by atomic mass is 10.0. The first-order valence-electron chi connectivity index (χ1n) is 8.51. The van der Waals surface area contributed by atoms with Gasteiger partial charge in [0, 0.05) is 12.4 Å². The fourth-order valence-electron chi connectivity index (χ4n) is 2.66. The fraction of sp³-hybridized carbons (Fsp3) is 0.100. The summed E-state index contributed by atoms with van der Waals surface area (Å²) in [5.41, 5.74) is 4.22. The largest absolute Gasteiger partial charge is 0.416 e. The number of carbonyl (C=O) groups excluding carboxylic acids is 2. The Morgan fingerprint density at radius 2 is 1.70 bits per heavy atom. The van der Waals surface area contributed by atoms with Gasteiger partial charge in [-0.05, 0) is 42.0 Å². The Bertz CT molecular complexity index is 1070. The molecule has 0 spiro atoms. The molecule has 0 aliphatic heterocycles. The summed E-state index contributed by atoms with van der Waals surface area (Å²) in [6.07, 6.45) is -2.15. The van der Waals surface area contributed by atoms with Crippen LogP contribution < -0.4 is 11.1 Å². The highest BCUT2D eigenvalue weighted by molar-refractivity contribution is 5.95. The molecule has 1 aromatic carbocycles. The summed E-state index contributed by atoms with van der Waals surface area (Å²) in [5.74, 6) is -2.23. The second-order valence-electron chi connectivity index (χ2n) is 6.19. The molecule has 6 nitrogen and oxygen atoms in total. The van der Waals surface area contributed by atoms with Crippen molar-refractivity contribution in [2.75, 3.05) is 0 Å². The van der Waals surface area contributed by atoms with Crippen LogP contribution in [0.2, 0.25) is 0 Å². The molecule has 3 rings (SSSR count). The average Bonchev–Trinajstić information content (AvgIpc) is 2.72. The first-order valence-corrected chi connectivity index (χ1v) is 8.51. The highest BCUT2D eigenvalue weighted by Gasteiger charge is 2.31. The van der Waals surface area contributed by atoms with Crippen molar-refractivity contribution in [1.29, 1.82) is 0 Å². The van der Waals surface area contributed by atoms with Crippen molar-refractivity contribution in [3.05, 3.63) is 94.8 Å². The van der Waals surface area contributed by atoms with E-state index in [1.165, 1.54) is 24.4 Å². The maximum Gasteiger partial charge on any atom is 0.416 e. The Morgan fingerprint density at radius 1 is 1.00 bits per heavy atom. The fourth-order valence-corrected chi connectivity index (χ4v) is 2.66. The van der Waals surface area contributed by atoms with Crippen molar-refractivity contribution in [3.63, 3.8) is 0 Å². The van der Waals surface area contributed by atoms with Crippen LogP contribution in [0.4, 0.5) is 17.6 Å². The quantitative estimate of drug-likeness (QED) is 0.622. The van der Waals surface area contributed by atoms with E-state index >= 15 is 0 Å². The van der Waals surface area contributed by atoms with Crippen molar-refractivity contribution in [2.24, 2.45) is 5.73 Å². The van der Waals surface area contributed by atoms with Crippen LogP contribution in [-0.2, 0) is 6.18 Å². The molecule has 0 unspecified atom stereocenters. The Balaban J connectivity index is 1.95. The lowest BCUT2D eigenvalue weighted by Crippen LogP contribution is -2.31. The highest BCUT2D eigenvalue weighted by atomic mass is 19.4. The monoisotopic (exact) mass is 418 g/mol. The van der Waals surface area contributed by atoms with Gasteiger partial charge in [0.05, 0.1) is 17.2 Å². The molecule has 0 fully saturated rings. The van der Waals surface area contributed by atoms with E-state index in [9.17, 15) is 27.2 Å². The first-order chi connectivity index (χ1) is 14.2. The number of nitrogens with one attached hydrogen (secondary N) is 1. The zero-order valence-corrected chi connectivity index (χ0v) is 15.2. The van der Waals surface area contributed by atoms with E-state index in [-0.39, 0.29) is 22.5 Å². The summed E-state index contributed by atoms with van der Waals surface area (Å²) in [7, 11) is 0. The van der Waals surface area contributed by atoms with E-state index in [2.05, 4.69) is 15.3 Å². The molecule has 0 aliphatic rings. The molecule has 3 N–H and O–H groups in total. The number of amides is 2. The second kappa shape index (κ2) is 8.27. The number of nitrogens with two attached hydrogens (primary N) is 1. The lowest BCUT2D eigenvalue weighted by Gasteiger charge is -2.20. The van der Waals surface area contributed by atoms with Crippen LogP contribution in [0.25, 0.3) is 0 Å². The third-order valence-electron chi connectivity index (χ3n) is 4.19. The minimum atomic E-state index is -4.54. The number of aromatic nitrogens is 2. The molecule has 30 heavy (non-hydrogen) atoms. The van der Waals surface area contributed by atoms with Crippen LogP contribution >= 0.6 is 0 Å². The van der Waals surface area contributed by atoms with Gasteiger partial charge >= 0.3 is 6.18 Å². The van der Waals surface area contributed by atoms with E-state index in [0.29, 0.717) is 0 Å². The standard InChI is InChI=1S/C20H14F4N4O2/c21-14-2-1-9-26-17(14)16(11-3-6-13(7-4-11)20(22,23)24)28-19(30)15-8-5-12(10-27-15)18(25)29/h1-10,16H,(H2,25,29)(H,28,30)/t16-/m0/s1. The predicted molar refractivity (Wildman–Crippen MR) is 97.7 cm³/mol. The molecule has 2 aromatic heterocycles. The number of hydrogen-bond acceptors (Lipinski definition) is 4. The average molecular weight is 418 g/mol. The van der Waals surface area contributed by atoms with Crippen LogP contribution in [0.3, 0.4) is 0 Å². The normalized spacial score (nSPS) is 12.3. The van der Waals surface area contributed by atoms with Crippen molar-refractivity contribution >= 4 is 11.8 Å². The van der Waals surface area contributed by atoms with E-state index in [1.54, 1.807) is 0 Å². The second-order valence-corrected chi connectivity index (χ2v) is 6.19. The molecule has 0 radical (unpaired) electrons. The maximum atomic E-state index is 14.3. The summed E-state index contributed by atoms with van der Waals surface area (Å²) in [4.78, 5) is 31.5. The molecule has 1 atom stereocenters. The van der Waals surface area contributed by atoms with Gasteiger partial charge in [-0.25, -0.2) is 4.39 Å². The number of hydrogen-bond donors (Lipinski definition) is 2. The van der Waals surface area contributed by atoms with Crippen LogP contribution in [0.5, 0.6) is 0 Å². The number of alkyl halides is 3. The molecule has 0 bridgehead atoms. The minimum absolute atomic E-state index is 0.0848. The van der Waals surface area contributed by atoms with Gasteiger partial charge < -0.3 is 11.1 Å². The van der Waals surface area contributed by atoms with Crippen LogP contribution in [0.15, 0.2) is 60.9 Å². The molecule has 10 heteroatoms. The Hall–Kier alpha value is -3.82. The van der Waals surface area contributed by atoms with Gasteiger partial charge in [-0.15, -0.1) is 0 Å². The number of rotatable bonds is 5. The summed E-state index contributed by atoms with van der Waals surface area (Å²) in [6.45, 7) is 0. The molecule has 0 aliphatic carbocycles. The van der Waals surface area contributed by atoms with Crippen molar-refractivity contribution in [3.8, 4) is 0 Å². The van der Waals surface area contributed by atoms with Crippen molar-refractivity contribution in [1.82, 2.24) is 15.3 Å². The molecule has 3 aromatic rings. The van der Waals surface area contributed by atoms with Gasteiger partial charge in [0.1, 0.15) is 17.2 Å². The summed E-state index contributed by atoms with van der Waals surface area (Å²) in [5, 5.41) is 2.51. The first kappa shape index (κ1) is 20.9. The van der Waals surface area contributed by atoms with Gasteiger partial charge in [-0.1, -0.05) is 12.1 Å². The van der Waals surface area contributed by atoms with Crippen LogP contribution in [0.1, 0.15) is 43.7 Å². The number of pyridine rings is 2. The third-order valence-corrected chi connectivity index (χ3v) is 4.19. The molecule has 2 heterocycles. The number of halogens is 4. The number of carbonyl (C=O) groups is 2. The van der Waals surface area contributed by atoms with Gasteiger partial charge in [0.2, 0.25) is 5.91 Å². The molecular weight excluding hydrogens is 404 g/mol. The Labute approximate surface area is 167 Å².